The van der Waals surface area contributed by atoms with Gasteiger partial charge in [0.05, 0.1) is 11.9 Å². The van der Waals surface area contributed by atoms with Crippen molar-refractivity contribution in [3.8, 4) is 0 Å². The third kappa shape index (κ3) is 3.10. The van der Waals surface area contributed by atoms with Gasteiger partial charge in [-0.2, -0.15) is 0 Å². The molecule has 5 heteroatoms. The van der Waals surface area contributed by atoms with Gasteiger partial charge in [0.25, 0.3) is 0 Å². The van der Waals surface area contributed by atoms with Gasteiger partial charge in [-0.25, -0.2) is 9.78 Å². The number of hydrogen-bond acceptors (Lipinski definition) is 4. The van der Waals surface area contributed by atoms with Gasteiger partial charge in [0.15, 0.2) is 5.69 Å². The Labute approximate surface area is 81.8 Å². The second kappa shape index (κ2) is 5.29. The van der Waals surface area contributed by atoms with Crippen LogP contribution in [0.5, 0.6) is 0 Å². The molecule has 0 aliphatic heterocycles. The monoisotopic (exact) mass is 196 g/mol. The Balaban J connectivity index is 2.51. The maximum atomic E-state index is 10.5. The topological polar surface area (TPSA) is 72.3 Å². The van der Waals surface area contributed by atoms with Crippen LogP contribution in [-0.4, -0.2) is 34.8 Å². The molecule has 0 unspecified atom stereocenters. The summed E-state index contributed by atoms with van der Waals surface area (Å²) in [5, 5.41) is 8.57. The molecule has 5 nitrogen and oxygen atoms in total. The van der Waals surface area contributed by atoms with Crippen LogP contribution in [0.15, 0.2) is 12.4 Å². The van der Waals surface area contributed by atoms with E-state index < -0.39 is 5.97 Å². The summed E-state index contributed by atoms with van der Waals surface area (Å²) in [5.41, 5.74) is 0.757. The lowest BCUT2D eigenvalue weighted by atomic mass is 10.2. The number of aromatic nitrogens is 2. The van der Waals surface area contributed by atoms with Gasteiger partial charge < -0.3 is 9.84 Å². The summed E-state index contributed by atoms with van der Waals surface area (Å²) in [5.74, 6) is -1.05. The molecule has 0 atom stereocenters. The van der Waals surface area contributed by atoms with E-state index in [1.165, 1.54) is 12.4 Å². The van der Waals surface area contributed by atoms with Crippen molar-refractivity contribution in [2.75, 3.05) is 13.7 Å². The van der Waals surface area contributed by atoms with E-state index in [-0.39, 0.29) is 5.69 Å². The zero-order valence-corrected chi connectivity index (χ0v) is 7.93. The fourth-order valence-corrected chi connectivity index (χ4v) is 0.992. The maximum Gasteiger partial charge on any atom is 0.356 e. The maximum absolute atomic E-state index is 10.5. The highest BCUT2D eigenvalue weighted by Gasteiger charge is 2.04. The van der Waals surface area contributed by atoms with Crippen LogP contribution in [0.3, 0.4) is 0 Å². The molecular formula is C9H12N2O3. The van der Waals surface area contributed by atoms with Crippen molar-refractivity contribution in [1.29, 1.82) is 0 Å². The molecule has 0 aliphatic rings. The van der Waals surface area contributed by atoms with Gasteiger partial charge >= 0.3 is 5.97 Å². The molecule has 1 rings (SSSR count). The summed E-state index contributed by atoms with van der Waals surface area (Å²) in [4.78, 5) is 18.2. The minimum absolute atomic E-state index is 0.0273. The Bertz CT molecular complexity index is 297. The molecule has 0 radical (unpaired) electrons. The van der Waals surface area contributed by atoms with Crippen LogP contribution in [0.1, 0.15) is 22.6 Å². The fraction of sp³-hybridized carbons (Fsp3) is 0.444. The van der Waals surface area contributed by atoms with Gasteiger partial charge in [0.2, 0.25) is 0 Å². The van der Waals surface area contributed by atoms with Gasteiger partial charge in [0, 0.05) is 19.9 Å². The largest absolute Gasteiger partial charge is 0.476 e. The van der Waals surface area contributed by atoms with Crippen LogP contribution in [0.2, 0.25) is 0 Å². The Kier molecular flexibility index (Phi) is 4.00. The van der Waals surface area contributed by atoms with E-state index in [1.54, 1.807) is 7.11 Å². The summed E-state index contributed by atoms with van der Waals surface area (Å²) in [6.45, 7) is 0.669. The van der Waals surface area contributed by atoms with E-state index >= 15 is 0 Å². The number of carbonyl (C=O) groups is 1. The number of aryl methyl sites for hydroxylation is 1. The highest BCUT2D eigenvalue weighted by molar-refractivity contribution is 5.84. The van der Waals surface area contributed by atoms with Crippen LogP contribution < -0.4 is 0 Å². The number of methoxy groups -OCH3 is 1. The van der Waals surface area contributed by atoms with E-state index in [0.717, 1.165) is 18.5 Å². The van der Waals surface area contributed by atoms with E-state index in [2.05, 4.69) is 9.97 Å². The normalized spacial score (nSPS) is 10.1. The number of rotatable bonds is 5. The summed E-state index contributed by atoms with van der Waals surface area (Å²) in [7, 11) is 1.64. The Hall–Kier alpha value is -1.49. The first-order chi connectivity index (χ1) is 6.74. The first kappa shape index (κ1) is 10.6. The highest BCUT2D eigenvalue weighted by atomic mass is 16.5. The third-order valence-electron chi connectivity index (χ3n) is 1.71. The lowest BCUT2D eigenvalue weighted by Crippen LogP contribution is -2.03. The lowest BCUT2D eigenvalue weighted by Gasteiger charge is -1.99. The third-order valence-corrected chi connectivity index (χ3v) is 1.71. The van der Waals surface area contributed by atoms with Crippen molar-refractivity contribution in [1.82, 2.24) is 9.97 Å². The van der Waals surface area contributed by atoms with Crippen molar-refractivity contribution < 1.29 is 14.6 Å². The minimum Gasteiger partial charge on any atom is -0.476 e. The molecule has 0 aliphatic carbocycles. The van der Waals surface area contributed by atoms with Crippen LogP contribution >= 0.6 is 0 Å². The number of hydrogen-bond donors (Lipinski definition) is 1. The van der Waals surface area contributed by atoms with Crippen molar-refractivity contribution in [2.45, 2.75) is 12.8 Å². The molecule has 0 saturated heterocycles. The van der Waals surface area contributed by atoms with E-state index in [4.69, 9.17) is 9.84 Å². The van der Waals surface area contributed by atoms with Crippen molar-refractivity contribution in [3.05, 3.63) is 23.8 Å². The molecule has 1 heterocycles. The molecule has 0 fully saturated rings. The molecular weight excluding hydrogens is 184 g/mol. The van der Waals surface area contributed by atoms with Crippen molar-refractivity contribution in [2.24, 2.45) is 0 Å². The molecule has 0 spiro atoms. The number of aromatic carboxylic acids is 1. The Morgan fingerprint density at radius 2 is 2.29 bits per heavy atom. The second-order valence-electron chi connectivity index (χ2n) is 2.79. The predicted molar refractivity (Wildman–Crippen MR) is 49.2 cm³/mol. The van der Waals surface area contributed by atoms with Crippen molar-refractivity contribution in [3.63, 3.8) is 0 Å². The highest BCUT2D eigenvalue weighted by Crippen LogP contribution is 1.99. The van der Waals surface area contributed by atoms with Crippen molar-refractivity contribution >= 4 is 5.97 Å². The molecule has 1 N–H and O–H groups in total. The molecule has 14 heavy (non-hydrogen) atoms. The molecule has 0 bridgehead atoms. The van der Waals surface area contributed by atoms with Gasteiger partial charge in [-0.1, -0.05) is 0 Å². The quantitative estimate of drug-likeness (QED) is 0.703. The second-order valence-corrected chi connectivity index (χ2v) is 2.79. The number of carboxylic acids is 1. The van der Waals surface area contributed by atoms with Gasteiger partial charge in [-0.3, -0.25) is 4.98 Å². The van der Waals surface area contributed by atoms with E-state index in [1.807, 2.05) is 0 Å². The number of ether oxygens (including phenoxy) is 1. The summed E-state index contributed by atoms with van der Waals surface area (Å²) < 4.78 is 4.88. The predicted octanol–water partition coefficient (Wildman–Crippen LogP) is 0.754. The number of nitrogens with zero attached hydrogens (tertiary/aromatic N) is 2. The zero-order chi connectivity index (χ0) is 10.4. The van der Waals surface area contributed by atoms with E-state index in [0.29, 0.717) is 6.61 Å². The summed E-state index contributed by atoms with van der Waals surface area (Å²) in [6.07, 6.45) is 4.36. The fourth-order valence-electron chi connectivity index (χ4n) is 0.992. The summed E-state index contributed by atoms with van der Waals surface area (Å²) >= 11 is 0. The Morgan fingerprint density at radius 3 is 2.79 bits per heavy atom. The molecule has 1 aromatic rings. The first-order valence-corrected chi connectivity index (χ1v) is 4.27. The molecule has 0 amide bonds. The average Bonchev–Trinajstić information content (AvgIpc) is 2.19. The minimum atomic E-state index is -1.05. The molecule has 0 aromatic carbocycles. The van der Waals surface area contributed by atoms with Crippen LogP contribution in [0.4, 0.5) is 0 Å². The van der Waals surface area contributed by atoms with E-state index in [9.17, 15) is 4.79 Å². The standard InChI is InChI=1S/C9H12N2O3/c1-14-4-2-3-7-5-11-8(6-10-7)9(12)13/h5-6H,2-4H2,1H3,(H,12,13). The molecule has 1 aromatic heterocycles. The molecule has 76 valence electrons. The van der Waals surface area contributed by atoms with Crippen LogP contribution in [-0.2, 0) is 11.2 Å². The smallest absolute Gasteiger partial charge is 0.356 e. The van der Waals surface area contributed by atoms with Crippen LogP contribution in [0, 0.1) is 0 Å². The first-order valence-electron chi connectivity index (χ1n) is 4.27. The Morgan fingerprint density at radius 1 is 1.50 bits per heavy atom. The SMILES string of the molecule is COCCCc1cnc(C(=O)O)cn1. The van der Waals surface area contributed by atoms with Gasteiger partial charge in [0.1, 0.15) is 0 Å². The zero-order valence-electron chi connectivity index (χ0n) is 7.93. The average molecular weight is 196 g/mol. The van der Waals surface area contributed by atoms with Crippen LogP contribution in [0.25, 0.3) is 0 Å². The summed E-state index contributed by atoms with van der Waals surface area (Å²) in [6, 6.07) is 0. The number of carboxylic acid groups (broad SMARTS) is 1. The van der Waals surface area contributed by atoms with Gasteiger partial charge in [-0.05, 0) is 12.8 Å². The lowest BCUT2D eigenvalue weighted by molar-refractivity contribution is 0.0690. The van der Waals surface area contributed by atoms with Gasteiger partial charge in [-0.15, -0.1) is 0 Å². The molecule has 0 saturated carbocycles.